The molecule has 8 nitrogen and oxygen atoms in total. The molecular weight excluding hydrogens is 504 g/mol. The van der Waals surface area contributed by atoms with Crippen molar-refractivity contribution in [2.24, 2.45) is 0 Å². The highest BCUT2D eigenvalue weighted by molar-refractivity contribution is 7.87. The number of hydrogen-bond acceptors (Lipinski definition) is 6. The molecule has 0 saturated carbocycles. The Balaban J connectivity index is 1.64. The van der Waals surface area contributed by atoms with Gasteiger partial charge in [-0.05, 0) is 61.0 Å². The first-order valence-electron chi connectivity index (χ1n) is 11.6. The van der Waals surface area contributed by atoms with E-state index in [4.69, 9.17) is 4.18 Å². The van der Waals surface area contributed by atoms with Crippen molar-refractivity contribution in [3.63, 3.8) is 0 Å². The molecule has 0 aromatic heterocycles. The molecule has 4 aromatic rings. The Morgan fingerprint density at radius 2 is 1.42 bits per heavy atom. The fourth-order valence-corrected chi connectivity index (χ4v) is 5.05. The molecule has 0 radical (unpaired) electrons. The van der Waals surface area contributed by atoms with Gasteiger partial charge in [0.2, 0.25) is 0 Å². The first kappa shape index (κ1) is 24.9. The van der Waals surface area contributed by atoms with Crippen LogP contribution in [0.25, 0.3) is 16.8 Å². The third-order valence-corrected chi connectivity index (χ3v) is 7.37. The van der Waals surface area contributed by atoms with E-state index in [1.54, 1.807) is 66.7 Å². The lowest BCUT2D eigenvalue weighted by atomic mass is 10.00. The molecular formula is C29H22N2O6S. The number of fused-ring (bicyclic) bond motifs is 1. The molecule has 4 aromatic carbocycles. The van der Waals surface area contributed by atoms with Crippen LogP contribution in [0.15, 0.2) is 95.4 Å². The highest BCUT2D eigenvalue weighted by Gasteiger charge is 2.37. The molecule has 0 atom stereocenters. The van der Waals surface area contributed by atoms with Crippen molar-refractivity contribution in [3.8, 4) is 5.75 Å². The normalized spacial score (nSPS) is 15.2. The molecule has 1 N–H and O–H groups in total. The fraction of sp³-hybridized carbons (Fsp3) is 0.0690. The van der Waals surface area contributed by atoms with Gasteiger partial charge in [-0.25, -0.2) is 9.69 Å². The maximum absolute atomic E-state index is 13.4. The van der Waals surface area contributed by atoms with E-state index in [0.717, 1.165) is 21.4 Å². The van der Waals surface area contributed by atoms with Gasteiger partial charge in [0.25, 0.3) is 11.8 Å². The largest absolute Gasteiger partial charge is 0.378 e. The number of nitrogens with one attached hydrogen (secondary N) is 1. The molecule has 4 amide bonds. The zero-order valence-electron chi connectivity index (χ0n) is 20.5. The summed E-state index contributed by atoms with van der Waals surface area (Å²) in [5.74, 6) is -1.82. The minimum absolute atomic E-state index is 0.0440. The number of carbonyl (C=O) groups is 3. The lowest BCUT2D eigenvalue weighted by molar-refractivity contribution is -0.122. The fourth-order valence-electron chi connectivity index (χ4n) is 4.10. The molecule has 0 aliphatic carbocycles. The zero-order valence-corrected chi connectivity index (χ0v) is 21.3. The van der Waals surface area contributed by atoms with Crippen molar-refractivity contribution in [3.05, 3.63) is 107 Å². The molecule has 1 saturated heterocycles. The molecule has 1 aliphatic rings. The summed E-state index contributed by atoms with van der Waals surface area (Å²) < 4.78 is 31.7. The van der Waals surface area contributed by atoms with Gasteiger partial charge >= 0.3 is 16.1 Å². The van der Waals surface area contributed by atoms with Gasteiger partial charge in [0.05, 0.1) is 5.69 Å². The minimum atomic E-state index is -4.23. The van der Waals surface area contributed by atoms with Gasteiger partial charge in [-0.1, -0.05) is 65.7 Å². The van der Waals surface area contributed by atoms with Crippen LogP contribution < -0.4 is 14.4 Å². The monoisotopic (exact) mass is 526 g/mol. The minimum Gasteiger partial charge on any atom is -0.378 e. The molecule has 0 spiro atoms. The number of aryl methyl sites for hydroxylation is 2. The van der Waals surface area contributed by atoms with Crippen molar-refractivity contribution in [1.29, 1.82) is 0 Å². The van der Waals surface area contributed by atoms with Crippen LogP contribution in [0.3, 0.4) is 0 Å². The van der Waals surface area contributed by atoms with Crippen molar-refractivity contribution in [2.75, 3.05) is 4.90 Å². The third kappa shape index (κ3) is 4.67. The number of urea groups is 1. The van der Waals surface area contributed by atoms with Gasteiger partial charge in [0.1, 0.15) is 10.5 Å². The van der Waals surface area contributed by atoms with E-state index >= 15 is 0 Å². The molecule has 1 fully saturated rings. The Hall–Kier alpha value is -4.76. The highest BCUT2D eigenvalue weighted by atomic mass is 32.2. The summed E-state index contributed by atoms with van der Waals surface area (Å²) in [6, 6.07) is 22.2. The molecule has 190 valence electrons. The van der Waals surface area contributed by atoms with Crippen LogP contribution in [-0.4, -0.2) is 26.3 Å². The third-order valence-electron chi connectivity index (χ3n) is 6.12. The molecule has 0 bridgehead atoms. The standard InChI is InChI=1S/C29H22N2O6S/c1-18-7-12-21(13-8-18)31-28(33)25(27(32)30-29(31)34)17-24-23-6-4-3-5-20(23)11-16-26(24)37-38(35,36)22-14-9-19(2)10-15-22/h3-17H,1-2H3,(H,30,32,34)/b25-17+. The number of rotatable bonds is 5. The number of hydrogen-bond donors (Lipinski definition) is 1. The predicted molar refractivity (Wildman–Crippen MR) is 143 cm³/mol. The summed E-state index contributed by atoms with van der Waals surface area (Å²) >= 11 is 0. The number of imide groups is 2. The Morgan fingerprint density at radius 3 is 2.11 bits per heavy atom. The molecule has 5 rings (SSSR count). The van der Waals surface area contributed by atoms with Gasteiger partial charge in [0.15, 0.2) is 5.75 Å². The maximum atomic E-state index is 13.4. The topological polar surface area (TPSA) is 110 Å². The first-order valence-corrected chi connectivity index (χ1v) is 13.1. The van der Waals surface area contributed by atoms with E-state index in [9.17, 15) is 22.8 Å². The van der Waals surface area contributed by atoms with E-state index < -0.39 is 28.0 Å². The van der Waals surface area contributed by atoms with Crippen molar-refractivity contribution >= 4 is 50.5 Å². The summed E-state index contributed by atoms with van der Waals surface area (Å²) in [6.07, 6.45) is 1.26. The Labute approximate surface area is 219 Å². The average Bonchev–Trinajstić information content (AvgIpc) is 2.88. The van der Waals surface area contributed by atoms with Crippen molar-refractivity contribution in [2.45, 2.75) is 18.7 Å². The van der Waals surface area contributed by atoms with Crippen LogP contribution in [0.5, 0.6) is 5.75 Å². The Morgan fingerprint density at radius 1 is 0.789 bits per heavy atom. The van der Waals surface area contributed by atoms with Crippen LogP contribution in [0.4, 0.5) is 10.5 Å². The smallest absolute Gasteiger partial charge is 0.339 e. The lowest BCUT2D eigenvalue weighted by Crippen LogP contribution is -2.54. The number of nitrogens with zero attached hydrogens (tertiary/aromatic N) is 1. The van der Waals surface area contributed by atoms with Gasteiger partial charge in [-0.3, -0.25) is 14.9 Å². The second-order valence-electron chi connectivity index (χ2n) is 8.84. The van der Waals surface area contributed by atoms with Gasteiger partial charge in [-0.2, -0.15) is 8.42 Å². The molecule has 38 heavy (non-hydrogen) atoms. The number of benzene rings is 4. The number of carbonyl (C=O) groups excluding carboxylic acids is 3. The molecule has 1 aliphatic heterocycles. The molecule has 1 heterocycles. The predicted octanol–water partition coefficient (Wildman–Crippen LogP) is 4.89. The van der Waals surface area contributed by atoms with Crippen LogP contribution in [0, 0.1) is 13.8 Å². The number of amides is 4. The van der Waals surface area contributed by atoms with E-state index in [-0.39, 0.29) is 27.5 Å². The van der Waals surface area contributed by atoms with Crippen molar-refractivity contribution in [1.82, 2.24) is 5.32 Å². The molecule has 9 heteroatoms. The Bertz CT molecular complexity index is 1740. The SMILES string of the molecule is Cc1ccc(N2C(=O)NC(=O)/C(=C\c3c(OS(=O)(=O)c4ccc(C)cc4)ccc4ccccc34)C2=O)cc1. The van der Waals surface area contributed by atoms with Crippen LogP contribution >= 0.6 is 0 Å². The second-order valence-corrected chi connectivity index (χ2v) is 10.4. The van der Waals surface area contributed by atoms with Gasteiger partial charge in [-0.15, -0.1) is 0 Å². The summed E-state index contributed by atoms with van der Waals surface area (Å²) in [4.78, 5) is 39.7. The van der Waals surface area contributed by atoms with E-state index in [0.29, 0.717) is 5.39 Å². The quantitative estimate of drug-likeness (QED) is 0.225. The van der Waals surface area contributed by atoms with E-state index in [2.05, 4.69) is 5.32 Å². The maximum Gasteiger partial charge on any atom is 0.339 e. The number of barbiturate groups is 1. The molecule has 0 unspecified atom stereocenters. The summed E-state index contributed by atoms with van der Waals surface area (Å²) in [6.45, 7) is 3.70. The van der Waals surface area contributed by atoms with Crippen LogP contribution in [-0.2, 0) is 19.7 Å². The van der Waals surface area contributed by atoms with E-state index in [1.807, 2.05) is 13.8 Å². The zero-order chi connectivity index (χ0) is 27.0. The first-order chi connectivity index (χ1) is 18.1. The van der Waals surface area contributed by atoms with Crippen LogP contribution in [0.1, 0.15) is 16.7 Å². The lowest BCUT2D eigenvalue weighted by Gasteiger charge is -2.26. The van der Waals surface area contributed by atoms with Gasteiger partial charge < -0.3 is 4.18 Å². The highest BCUT2D eigenvalue weighted by Crippen LogP contribution is 2.33. The summed E-state index contributed by atoms with van der Waals surface area (Å²) in [7, 11) is -4.23. The second kappa shape index (κ2) is 9.60. The van der Waals surface area contributed by atoms with Crippen molar-refractivity contribution < 1.29 is 27.0 Å². The number of anilines is 1. The summed E-state index contributed by atoms with van der Waals surface area (Å²) in [5.41, 5.74) is 1.95. The van der Waals surface area contributed by atoms with E-state index in [1.165, 1.54) is 24.3 Å². The van der Waals surface area contributed by atoms with Crippen LogP contribution in [0.2, 0.25) is 0 Å². The summed E-state index contributed by atoms with van der Waals surface area (Å²) in [5, 5.41) is 3.47. The Kier molecular flexibility index (Phi) is 6.30. The average molecular weight is 527 g/mol. The van der Waals surface area contributed by atoms with Gasteiger partial charge in [0, 0.05) is 5.56 Å².